The van der Waals surface area contributed by atoms with Gasteiger partial charge in [0.05, 0.1) is 6.04 Å². The highest BCUT2D eigenvalue weighted by Gasteiger charge is 2.32. The number of hydrogen-bond acceptors (Lipinski definition) is 2. The Morgan fingerprint density at radius 1 is 1.10 bits per heavy atom. The van der Waals surface area contributed by atoms with E-state index in [0.29, 0.717) is 6.07 Å². The van der Waals surface area contributed by atoms with Crippen LogP contribution in [-0.4, -0.2) is 23.5 Å². The minimum Gasteiger partial charge on any atom is -0.326 e. The van der Waals surface area contributed by atoms with E-state index in [-0.39, 0.29) is 17.6 Å². The van der Waals surface area contributed by atoms with Crippen molar-refractivity contribution in [2.24, 2.45) is 5.73 Å². The number of hydrogen-bond donors (Lipinski definition) is 1. The normalized spacial score (nSPS) is 24.9. The molecule has 112 valence electrons. The molecule has 1 aliphatic heterocycles. The van der Waals surface area contributed by atoms with Crippen molar-refractivity contribution < 1.29 is 13.2 Å². The zero-order valence-corrected chi connectivity index (χ0v) is 11.9. The summed E-state index contributed by atoms with van der Waals surface area (Å²) < 4.78 is 40.6. The summed E-state index contributed by atoms with van der Waals surface area (Å²) in [6.45, 7) is 4.79. The minimum atomic E-state index is -1.16. The van der Waals surface area contributed by atoms with Gasteiger partial charge in [-0.05, 0) is 39.3 Å². The quantitative estimate of drug-likeness (QED) is 0.845. The Labute approximate surface area is 117 Å². The molecule has 0 radical (unpaired) electrons. The molecule has 0 saturated carbocycles. The van der Waals surface area contributed by atoms with E-state index in [1.807, 2.05) is 13.8 Å². The van der Waals surface area contributed by atoms with E-state index < -0.39 is 23.5 Å². The lowest BCUT2D eigenvalue weighted by atomic mass is 9.95. The maximum Gasteiger partial charge on any atom is 0.161 e. The van der Waals surface area contributed by atoms with Gasteiger partial charge in [-0.2, -0.15) is 0 Å². The Hall–Kier alpha value is -1.07. The van der Waals surface area contributed by atoms with E-state index >= 15 is 0 Å². The lowest BCUT2D eigenvalue weighted by Crippen LogP contribution is -2.43. The van der Waals surface area contributed by atoms with Crippen molar-refractivity contribution in [2.45, 2.75) is 51.2 Å². The maximum absolute atomic E-state index is 14.1. The Morgan fingerprint density at radius 2 is 1.75 bits per heavy atom. The molecule has 2 N–H and O–H groups in total. The number of halogens is 3. The molecular weight excluding hydrogens is 265 g/mol. The molecule has 1 heterocycles. The van der Waals surface area contributed by atoms with Gasteiger partial charge in [-0.25, -0.2) is 13.2 Å². The van der Waals surface area contributed by atoms with E-state index in [1.165, 1.54) is 0 Å². The molecular formula is C15H21F3N2. The summed E-state index contributed by atoms with van der Waals surface area (Å²) in [4.78, 5) is 2.08. The molecule has 1 aromatic carbocycles. The van der Waals surface area contributed by atoms with E-state index in [9.17, 15) is 13.2 Å². The first-order valence-electron chi connectivity index (χ1n) is 7.07. The summed E-state index contributed by atoms with van der Waals surface area (Å²) >= 11 is 0. The van der Waals surface area contributed by atoms with E-state index in [2.05, 4.69) is 4.90 Å². The zero-order chi connectivity index (χ0) is 14.9. The smallest absolute Gasteiger partial charge is 0.161 e. The molecule has 1 fully saturated rings. The summed E-state index contributed by atoms with van der Waals surface area (Å²) in [5.41, 5.74) is 6.33. The minimum absolute atomic E-state index is 0.159. The van der Waals surface area contributed by atoms with Crippen LogP contribution in [-0.2, 0) is 0 Å². The van der Waals surface area contributed by atoms with Crippen molar-refractivity contribution in [3.8, 4) is 0 Å². The van der Waals surface area contributed by atoms with Gasteiger partial charge in [-0.15, -0.1) is 0 Å². The zero-order valence-electron chi connectivity index (χ0n) is 11.9. The lowest BCUT2D eigenvalue weighted by molar-refractivity contribution is 0.140. The summed E-state index contributed by atoms with van der Waals surface area (Å²) in [6, 6.07) is 1.04. The fourth-order valence-electron chi connectivity index (χ4n) is 2.97. The van der Waals surface area contributed by atoms with Gasteiger partial charge < -0.3 is 5.73 Å². The monoisotopic (exact) mass is 286 g/mol. The molecule has 5 heteroatoms. The van der Waals surface area contributed by atoms with Crippen LogP contribution in [0.4, 0.5) is 13.2 Å². The molecule has 0 spiro atoms. The van der Waals surface area contributed by atoms with Gasteiger partial charge in [0.25, 0.3) is 0 Å². The second kappa shape index (κ2) is 6.14. The Balaban J connectivity index is 2.46. The van der Waals surface area contributed by atoms with Crippen molar-refractivity contribution in [2.75, 3.05) is 6.54 Å². The first-order chi connectivity index (χ1) is 9.41. The van der Waals surface area contributed by atoms with Crippen LogP contribution in [0.25, 0.3) is 0 Å². The van der Waals surface area contributed by atoms with E-state index in [4.69, 9.17) is 5.73 Å². The molecule has 0 aromatic heterocycles. The third-order valence-corrected chi connectivity index (χ3v) is 3.99. The van der Waals surface area contributed by atoms with Gasteiger partial charge in [-0.3, -0.25) is 4.90 Å². The van der Waals surface area contributed by atoms with E-state index in [0.717, 1.165) is 31.9 Å². The number of benzene rings is 1. The van der Waals surface area contributed by atoms with Crippen molar-refractivity contribution in [3.05, 3.63) is 35.1 Å². The number of nitrogens with two attached hydrogens (primary N) is 1. The van der Waals surface area contributed by atoms with Gasteiger partial charge in [0.15, 0.2) is 11.6 Å². The molecule has 0 bridgehead atoms. The van der Waals surface area contributed by atoms with Crippen LogP contribution < -0.4 is 5.73 Å². The predicted octanol–water partition coefficient (Wildman–Crippen LogP) is 3.37. The van der Waals surface area contributed by atoms with Crippen LogP contribution in [0.15, 0.2) is 12.1 Å². The Morgan fingerprint density at radius 3 is 2.40 bits per heavy atom. The van der Waals surface area contributed by atoms with Crippen molar-refractivity contribution in [1.29, 1.82) is 0 Å². The van der Waals surface area contributed by atoms with Gasteiger partial charge in [0.1, 0.15) is 5.82 Å². The fourth-order valence-corrected chi connectivity index (χ4v) is 2.97. The van der Waals surface area contributed by atoms with Crippen molar-refractivity contribution in [1.82, 2.24) is 4.90 Å². The maximum atomic E-state index is 14.1. The number of likely N-dealkylation sites (tertiary alicyclic amines) is 1. The second-order valence-corrected chi connectivity index (χ2v) is 5.72. The molecule has 2 unspecified atom stereocenters. The molecule has 2 atom stereocenters. The summed E-state index contributed by atoms with van der Waals surface area (Å²) in [5.74, 6) is -2.91. The summed E-state index contributed by atoms with van der Waals surface area (Å²) in [5, 5.41) is 0. The fraction of sp³-hybridized carbons (Fsp3) is 0.600. The third kappa shape index (κ3) is 2.99. The van der Waals surface area contributed by atoms with Crippen molar-refractivity contribution >= 4 is 0 Å². The van der Waals surface area contributed by atoms with Crippen LogP contribution in [0.3, 0.4) is 0 Å². The van der Waals surface area contributed by atoms with Crippen LogP contribution in [0.2, 0.25) is 0 Å². The van der Waals surface area contributed by atoms with E-state index in [1.54, 1.807) is 0 Å². The first kappa shape index (κ1) is 15.3. The highest BCUT2D eigenvalue weighted by molar-refractivity contribution is 5.25. The Bertz CT molecular complexity index is 476. The number of rotatable bonds is 2. The van der Waals surface area contributed by atoms with Crippen LogP contribution >= 0.6 is 0 Å². The van der Waals surface area contributed by atoms with Gasteiger partial charge in [0.2, 0.25) is 0 Å². The van der Waals surface area contributed by atoms with Crippen molar-refractivity contribution in [3.63, 3.8) is 0 Å². The second-order valence-electron chi connectivity index (χ2n) is 5.72. The number of nitrogens with zero attached hydrogens (tertiary/aromatic N) is 1. The van der Waals surface area contributed by atoms with Crippen LogP contribution in [0, 0.1) is 17.5 Å². The highest BCUT2D eigenvalue weighted by atomic mass is 19.2. The SMILES string of the molecule is CC(C)N1CCCCC(N)C1c1cc(F)c(F)cc1F. The van der Waals surface area contributed by atoms with Crippen LogP contribution in [0.5, 0.6) is 0 Å². The third-order valence-electron chi connectivity index (χ3n) is 3.99. The predicted molar refractivity (Wildman–Crippen MR) is 72.7 cm³/mol. The largest absolute Gasteiger partial charge is 0.326 e. The van der Waals surface area contributed by atoms with Gasteiger partial charge in [0, 0.05) is 23.7 Å². The lowest BCUT2D eigenvalue weighted by Gasteiger charge is -2.36. The highest BCUT2D eigenvalue weighted by Crippen LogP contribution is 2.33. The average Bonchev–Trinajstić information content (AvgIpc) is 2.56. The molecule has 2 nitrogen and oxygen atoms in total. The van der Waals surface area contributed by atoms with Crippen LogP contribution in [0.1, 0.15) is 44.7 Å². The van der Waals surface area contributed by atoms with Gasteiger partial charge >= 0.3 is 0 Å². The standard InChI is InChI=1S/C15H21F3N2/c1-9(2)20-6-4-3-5-14(19)15(20)10-7-12(17)13(18)8-11(10)16/h7-9,14-15H,3-6,19H2,1-2H3. The van der Waals surface area contributed by atoms with Gasteiger partial charge in [-0.1, -0.05) is 6.42 Å². The summed E-state index contributed by atoms with van der Waals surface area (Å²) in [6.07, 6.45) is 2.70. The molecule has 0 amide bonds. The molecule has 1 saturated heterocycles. The molecule has 0 aliphatic carbocycles. The molecule has 1 aromatic rings. The summed E-state index contributed by atoms with van der Waals surface area (Å²) in [7, 11) is 0. The molecule has 2 rings (SSSR count). The molecule has 20 heavy (non-hydrogen) atoms. The average molecular weight is 286 g/mol. The first-order valence-corrected chi connectivity index (χ1v) is 7.07. The molecule has 1 aliphatic rings. The topological polar surface area (TPSA) is 29.3 Å². The Kier molecular flexibility index (Phi) is 4.70.